The predicted octanol–water partition coefficient (Wildman–Crippen LogP) is 2.16. The SMILES string of the molecule is CC(C)C(CCN(C)C)(C(N)=O)c1ccc(F)cc1. The zero-order valence-corrected chi connectivity index (χ0v) is 12.1. The Balaban J connectivity index is 3.23. The van der Waals surface area contributed by atoms with Crippen molar-refractivity contribution < 1.29 is 9.18 Å². The van der Waals surface area contributed by atoms with Gasteiger partial charge in [-0.25, -0.2) is 4.39 Å². The average molecular weight is 266 g/mol. The maximum atomic E-state index is 13.1. The van der Waals surface area contributed by atoms with E-state index in [0.29, 0.717) is 6.42 Å². The Bertz CT molecular complexity index is 428. The first-order valence-electron chi connectivity index (χ1n) is 6.51. The molecule has 0 saturated carbocycles. The second-order valence-corrected chi connectivity index (χ2v) is 5.55. The minimum Gasteiger partial charge on any atom is -0.369 e. The van der Waals surface area contributed by atoms with Gasteiger partial charge in [-0.05, 0) is 50.7 Å². The molecule has 0 aliphatic carbocycles. The summed E-state index contributed by atoms with van der Waals surface area (Å²) in [6, 6.07) is 6.08. The topological polar surface area (TPSA) is 46.3 Å². The molecule has 1 atom stereocenters. The van der Waals surface area contributed by atoms with Crippen LogP contribution in [-0.4, -0.2) is 31.4 Å². The molecule has 0 radical (unpaired) electrons. The molecule has 19 heavy (non-hydrogen) atoms. The summed E-state index contributed by atoms with van der Waals surface area (Å²) in [5.41, 5.74) is 5.72. The predicted molar refractivity (Wildman–Crippen MR) is 75.3 cm³/mol. The van der Waals surface area contributed by atoms with E-state index in [-0.39, 0.29) is 17.6 Å². The van der Waals surface area contributed by atoms with E-state index in [0.717, 1.165) is 12.1 Å². The van der Waals surface area contributed by atoms with Crippen molar-refractivity contribution in [2.45, 2.75) is 25.7 Å². The number of primary amides is 1. The van der Waals surface area contributed by atoms with Gasteiger partial charge >= 0.3 is 0 Å². The molecule has 0 saturated heterocycles. The molecule has 3 nitrogen and oxygen atoms in total. The van der Waals surface area contributed by atoms with Crippen LogP contribution in [0.5, 0.6) is 0 Å². The average Bonchev–Trinajstić information content (AvgIpc) is 2.30. The van der Waals surface area contributed by atoms with Gasteiger partial charge in [-0.1, -0.05) is 26.0 Å². The second-order valence-electron chi connectivity index (χ2n) is 5.55. The molecular weight excluding hydrogens is 243 g/mol. The number of amides is 1. The zero-order valence-electron chi connectivity index (χ0n) is 12.1. The molecule has 0 aliphatic rings. The summed E-state index contributed by atoms with van der Waals surface area (Å²) < 4.78 is 13.1. The molecule has 106 valence electrons. The van der Waals surface area contributed by atoms with Crippen LogP contribution in [-0.2, 0) is 10.2 Å². The number of benzene rings is 1. The van der Waals surface area contributed by atoms with E-state index in [9.17, 15) is 9.18 Å². The first-order valence-corrected chi connectivity index (χ1v) is 6.51. The lowest BCUT2D eigenvalue weighted by Crippen LogP contribution is -2.47. The fourth-order valence-corrected chi connectivity index (χ4v) is 2.46. The third-order valence-electron chi connectivity index (χ3n) is 3.74. The van der Waals surface area contributed by atoms with Gasteiger partial charge in [0.05, 0.1) is 5.41 Å². The fourth-order valence-electron chi connectivity index (χ4n) is 2.46. The van der Waals surface area contributed by atoms with E-state index < -0.39 is 5.41 Å². The minimum atomic E-state index is -0.752. The van der Waals surface area contributed by atoms with Crippen molar-refractivity contribution in [1.82, 2.24) is 4.90 Å². The van der Waals surface area contributed by atoms with E-state index in [4.69, 9.17) is 5.73 Å². The van der Waals surface area contributed by atoms with E-state index in [1.165, 1.54) is 12.1 Å². The van der Waals surface area contributed by atoms with Crippen molar-refractivity contribution in [2.24, 2.45) is 11.7 Å². The maximum absolute atomic E-state index is 13.1. The molecule has 1 aromatic rings. The standard InChI is InChI=1S/C15H23FN2O/c1-11(2)15(14(17)19,9-10-18(3)4)12-5-7-13(16)8-6-12/h5-8,11H,9-10H2,1-4H3,(H2,17,19). The number of hydrogen-bond acceptors (Lipinski definition) is 2. The first kappa shape index (κ1) is 15.6. The number of hydrogen-bond donors (Lipinski definition) is 1. The minimum absolute atomic E-state index is 0.0513. The molecular formula is C15H23FN2O. The Hall–Kier alpha value is -1.42. The summed E-state index contributed by atoms with van der Waals surface area (Å²) in [6.45, 7) is 4.70. The van der Waals surface area contributed by atoms with Crippen LogP contribution in [0.15, 0.2) is 24.3 Å². The maximum Gasteiger partial charge on any atom is 0.228 e. The van der Waals surface area contributed by atoms with Crippen LogP contribution in [0, 0.1) is 11.7 Å². The monoisotopic (exact) mass is 266 g/mol. The van der Waals surface area contributed by atoms with Crippen molar-refractivity contribution in [2.75, 3.05) is 20.6 Å². The summed E-state index contributed by atoms with van der Waals surface area (Å²) in [5, 5.41) is 0. The quantitative estimate of drug-likeness (QED) is 0.857. The van der Waals surface area contributed by atoms with Crippen LogP contribution < -0.4 is 5.73 Å². The lowest BCUT2D eigenvalue weighted by atomic mass is 9.68. The molecule has 4 heteroatoms. The number of nitrogens with two attached hydrogens (primary N) is 1. The Kier molecular flexibility index (Phi) is 5.06. The molecule has 0 aliphatic heterocycles. The van der Waals surface area contributed by atoms with Gasteiger partial charge < -0.3 is 10.6 Å². The van der Waals surface area contributed by atoms with Gasteiger partial charge in [-0.15, -0.1) is 0 Å². The number of rotatable bonds is 6. The molecule has 0 heterocycles. The number of carbonyl (C=O) groups is 1. The van der Waals surface area contributed by atoms with Gasteiger partial charge in [0.1, 0.15) is 5.82 Å². The summed E-state index contributed by atoms with van der Waals surface area (Å²) >= 11 is 0. The van der Waals surface area contributed by atoms with Crippen LogP contribution in [0.1, 0.15) is 25.8 Å². The molecule has 1 rings (SSSR count). The van der Waals surface area contributed by atoms with E-state index in [1.54, 1.807) is 12.1 Å². The highest BCUT2D eigenvalue weighted by molar-refractivity contribution is 5.87. The van der Waals surface area contributed by atoms with Gasteiger partial charge in [0, 0.05) is 0 Å². The van der Waals surface area contributed by atoms with Gasteiger partial charge in [0.25, 0.3) is 0 Å². The molecule has 2 N–H and O–H groups in total. The molecule has 1 unspecified atom stereocenters. The molecule has 0 aromatic heterocycles. The van der Waals surface area contributed by atoms with Crippen LogP contribution in [0.25, 0.3) is 0 Å². The van der Waals surface area contributed by atoms with E-state index in [1.807, 2.05) is 32.8 Å². The third-order valence-corrected chi connectivity index (χ3v) is 3.74. The smallest absolute Gasteiger partial charge is 0.228 e. The Morgan fingerprint density at radius 3 is 2.21 bits per heavy atom. The normalized spacial score (nSPS) is 14.7. The summed E-state index contributed by atoms with van der Waals surface area (Å²) in [5.74, 6) is -0.607. The molecule has 1 amide bonds. The van der Waals surface area contributed by atoms with Gasteiger partial charge in [0.2, 0.25) is 5.91 Å². The van der Waals surface area contributed by atoms with Crippen molar-refractivity contribution in [3.8, 4) is 0 Å². The molecule has 0 spiro atoms. The van der Waals surface area contributed by atoms with Gasteiger partial charge in [-0.3, -0.25) is 4.79 Å². The number of nitrogens with zero attached hydrogens (tertiary/aromatic N) is 1. The van der Waals surface area contributed by atoms with Crippen LogP contribution >= 0.6 is 0 Å². The van der Waals surface area contributed by atoms with Crippen LogP contribution in [0.3, 0.4) is 0 Å². The Labute approximate surface area is 114 Å². The molecule has 0 fully saturated rings. The summed E-state index contributed by atoms with van der Waals surface area (Å²) in [4.78, 5) is 14.1. The summed E-state index contributed by atoms with van der Waals surface area (Å²) in [7, 11) is 3.91. The van der Waals surface area contributed by atoms with Gasteiger partial charge in [0.15, 0.2) is 0 Å². The molecule has 0 bridgehead atoms. The van der Waals surface area contributed by atoms with Crippen LogP contribution in [0.2, 0.25) is 0 Å². The zero-order chi connectivity index (χ0) is 14.6. The highest BCUT2D eigenvalue weighted by Gasteiger charge is 2.41. The van der Waals surface area contributed by atoms with Gasteiger partial charge in [-0.2, -0.15) is 0 Å². The largest absolute Gasteiger partial charge is 0.369 e. The Morgan fingerprint density at radius 1 is 1.32 bits per heavy atom. The van der Waals surface area contributed by atoms with Crippen molar-refractivity contribution >= 4 is 5.91 Å². The lowest BCUT2D eigenvalue weighted by molar-refractivity contribution is -0.125. The summed E-state index contributed by atoms with van der Waals surface area (Å²) in [6.07, 6.45) is 0.624. The van der Waals surface area contributed by atoms with E-state index in [2.05, 4.69) is 0 Å². The first-order chi connectivity index (χ1) is 8.80. The fraction of sp³-hybridized carbons (Fsp3) is 0.533. The van der Waals surface area contributed by atoms with E-state index >= 15 is 0 Å². The number of halogens is 1. The van der Waals surface area contributed by atoms with Crippen molar-refractivity contribution in [3.05, 3.63) is 35.6 Å². The number of carbonyl (C=O) groups excluding carboxylic acids is 1. The third kappa shape index (κ3) is 3.32. The van der Waals surface area contributed by atoms with Crippen molar-refractivity contribution in [3.63, 3.8) is 0 Å². The second kappa shape index (κ2) is 6.15. The van der Waals surface area contributed by atoms with Crippen LogP contribution in [0.4, 0.5) is 4.39 Å². The Morgan fingerprint density at radius 2 is 1.84 bits per heavy atom. The lowest BCUT2D eigenvalue weighted by Gasteiger charge is -2.36. The highest BCUT2D eigenvalue weighted by atomic mass is 19.1. The van der Waals surface area contributed by atoms with Crippen molar-refractivity contribution in [1.29, 1.82) is 0 Å². The molecule has 1 aromatic carbocycles. The highest BCUT2D eigenvalue weighted by Crippen LogP contribution is 2.36.